The topological polar surface area (TPSA) is 25.8 Å². The molecular weight excluding hydrogens is 448 g/mol. The Morgan fingerprint density at radius 1 is 0.730 bits per heavy atom. The van der Waals surface area contributed by atoms with Crippen LogP contribution < -0.4 is 0 Å². The molecule has 7 rings (SSSR count). The maximum Gasteiger partial charge on any atom is 0.0475 e. The highest BCUT2D eigenvalue weighted by Gasteiger charge is 2.48. The molecule has 3 saturated carbocycles. The van der Waals surface area contributed by atoms with Crippen molar-refractivity contribution in [1.82, 2.24) is 9.97 Å². The zero-order chi connectivity index (χ0) is 25.7. The quantitative estimate of drug-likeness (QED) is 0.384. The van der Waals surface area contributed by atoms with Gasteiger partial charge >= 0.3 is 0 Å². The van der Waals surface area contributed by atoms with Gasteiger partial charge in [-0.15, -0.1) is 0 Å². The minimum atomic E-state index is 0.205. The number of aromatic nitrogens is 2. The second-order valence-electron chi connectivity index (χ2n) is 15.0. The summed E-state index contributed by atoms with van der Waals surface area (Å²) in [4.78, 5) is 10.8. The molecule has 198 valence electrons. The largest absolute Gasteiger partial charge is 0.257 e. The Bertz CT molecular complexity index is 1250. The molecule has 2 nitrogen and oxygen atoms in total. The van der Waals surface area contributed by atoms with Crippen LogP contribution in [-0.4, -0.2) is 9.97 Å². The summed E-state index contributed by atoms with van der Waals surface area (Å²) in [5.41, 5.74) is 16.5. The van der Waals surface area contributed by atoms with Gasteiger partial charge in [0.25, 0.3) is 0 Å². The summed E-state index contributed by atoms with van der Waals surface area (Å²) in [6.07, 6.45) is 16.8. The van der Waals surface area contributed by atoms with E-state index < -0.39 is 0 Å². The normalized spacial score (nSPS) is 24.9. The van der Waals surface area contributed by atoms with Gasteiger partial charge in [-0.2, -0.15) is 0 Å². The number of fused-ring (bicyclic) bond motifs is 2. The van der Waals surface area contributed by atoms with E-state index in [9.17, 15) is 0 Å². The minimum absolute atomic E-state index is 0.205. The van der Waals surface area contributed by atoms with Gasteiger partial charge in [0.15, 0.2) is 0 Å². The zero-order valence-corrected chi connectivity index (χ0v) is 24.4. The van der Waals surface area contributed by atoms with Crippen molar-refractivity contribution in [3.8, 4) is 0 Å². The highest BCUT2D eigenvalue weighted by molar-refractivity contribution is 5.52. The van der Waals surface area contributed by atoms with E-state index in [1.165, 1.54) is 94.1 Å². The summed E-state index contributed by atoms with van der Waals surface area (Å²) < 4.78 is 0. The van der Waals surface area contributed by atoms with Crippen LogP contribution in [0, 0.1) is 5.92 Å². The second-order valence-corrected chi connectivity index (χ2v) is 15.0. The van der Waals surface area contributed by atoms with Gasteiger partial charge in [-0.3, -0.25) is 9.97 Å². The van der Waals surface area contributed by atoms with Gasteiger partial charge in [-0.25, -0.2) is 0 Å². The van der Waals surface area contributed by atoms with E-state index in [-0.39, 0.29) is 10.8 Å². The first kappa shape index (κ1) is 24.3. The molecule has 3 fully saturated rings. The summed E-state index contributed by atoms with van der Waals surface area (Å²) in [5.74, 6) is 3.02. The molecule has 2 aromatic heterocycles. The third kappa shape index (κ3) is 4.11. The lowest BCUT2D eigenvalue weighted by Crippen LogP contribution is -2.25. The molecule has 0 amide bonds. The van der Waals surface area contributed by atoms with E-state index in [1.54, 1.807) is 39.1 Å². The van der Waals surface area contributed by atoms with Crippen molar-refractivity contribution in [2.75, 3.05) is 0 Å². The van der Waals surface area contributed by atoms with Crippen LogP contribution in [0.25, 0.3) is 0 Å². The van der Waals surface area contributed by atoms with Crippen LogP contribution in [0.3, 0.4) is 0 Å². The van der Waals surface area contributed by atoms with Crippen LogP contribution >= 0.6 is 0 Å². The molecule has 5 aliphatic rings. The number of hydrogen-bond acceptors (Lipinski definition) is 2. The lowest BCUT2D eigenvalue weighted by molar-refractivity contribution is 0.433. The standard InChI is InChI=1S/C35H48N2/c1-7-23-30(34(2,3)4)24-10-8-12-27(24)37-33(23)26-18-22(26)19-35(5,6)31-25-11-9-13-28(25)36-32(21-16-17-21)29(31)20-14-15-20/h20-22,26H,7-19H2,1-6H3. The van der Waals surface area contributed by atoms with Gasteiger partial charge < -0.3 is 0 Å². The molecule has 0 bridgehead atoms. The van der Waals surface area contributed by atoms with Gasteiger partial charge in [0.05, 0.1) is 0 Å². The van der Waals surface area contributed by atoms with Gasteiger partial charge in [-0.05, 0) is 140 Å². The molecule has 0 aliphatic heterocycles. The molecule has 0 N–H and O–H groups in total. The number of nitrogens with zero attached hydrogens (tertiary/aromatic N) is 2. The van der Waals surface area contributed by atoms with Crippen LogP contribution in [0.4, 0.5) is 0 Å². The van der Waals surface area contributed by atoms with E-state index in [0.29, 0.717) is 5.92 Å². The fourth-order valence-corrected chi connectivity index (χ4v) is 8.62. The van der Waals surface area contributed by atoms with Crippen LogP contribution in [0.1, 0.15) is 167 Å². The van der Waals surface area contributed by atoms with E-state index >= 15 is 0 Å². The van der Waals surface area contributed by atoms with Crippen molar-refractivity contribution in [2.24, 2.45) is 5.92 Å². The number of pyridine rings is 2. The van der Waals surface area contributed by atoms with E-state index in [4.69, 9.17) is 9.97 Å². The maximum absolute atomic E-state index is 5.46. The van der Waals surface area contributed by atoms with Gasteiger partial charge in [-0.1, -0.05) is 41.5 Å². The summed E-state index contributed by atoms with van der Waals surface area (Å²) in [6.45, 7) is 14.8. The van der Waals surface area contributed by atoms with E-state index in [1.807, 2.05) is 0 Å². The molecule has 37 heavy (non-hydrogen) atoms. The third-order valence-electron chi connectivity index (χ3n) is 10.4. The first-order valence-electron chi connectivity index (χ1n) is 15.8. The molecule has 2 unspecified atom stereocenters. The van der Waals surface area contributed by atoms with Crippen LogP contribution in [0.5, 0.6) is 0 Å². The Morgan fingerprint density at radius 3 is 1.89 bits per heavy atom. The molecular formula is C35H48N2. The molecule has 5 aliphatic carbocycles. The van der Waals surface area contributed by atoms with Crippen LogP contribution in [-0.2, 0) is 42.9 Å². The zero-order valence-electron chi connectivity index (χ0n) is 24.4. The van der Waals surface area contributed by atoms with E-state index in [0.717, 1.165) is 24.2 Å². The molecule has 2 aromatic rings. The van der Waals surface area contributed by atoms with E-state index in [2.05, 4.69) is 41.5 Å². The second kappa shape index (κ2) is 8.40. The Kier molecular flexibility index (Phi) is 5.53. The first-order chi connectivity index (χ1) is 17.7. The average molecular weight is 497 g/mol. The summed E-state index contributed by atoms with van der Waals surface area (Å²) in [7, 11) is 0. The molecule has 2 heteroatoms. The Balaban J connectivity index is 1.24. The van der Waals surface area contributed by atoms with Gasteiger partial charge in [0, 0.05) is 34.6 Å². The SMILES string of the molecule is CCc1c(C2CC2CC(C)(C)c2c3c(nc(C4CC4)c2C2CC2)CCC3)nc2c(c1C(C)(C)C)CCC2. The molecule has 0 saturated heterocycles. The predicted octanol–water partition coefficient (Wildman–Crippen LogP) is 8.54. The van der Waals surface area contributed by atoms with Gasteiger partial charge in [0.2, 0.25) is 0 Å². The summed E-state index contributed by atoms with van der Waals surface area (Å²) >= 11 is 0. The molecule has 0 aromatic carbocycles. The lowest BCUT2D eigenvalue weighted by Gasteiger charge is -2.32. The Hall–Kier alpha value is -1.70. The van der Waals surface area contributed by atoms with Crippen molar-refractivity contribution >= 4 is 0 Å². The van der Waals surface area contributed by atoms with Crippen molar-refractivity contribution in [3.05, 3.63) is 56.2 Å². The van der Waals surface area contributed by atoms with Crippen molar-refractivity contribution in [2.45, 2.75) is 154 Å². The highest BCUT2D eigenvalue weighted by atomic mass is 14.8. The Morgan fingerprint density at radius 2 is 1.32 bits per heavy atom. The number of hydrogen-bond donors (Lipinski definition) is 0. The number of rotatable bonds is 7. The molecule has 0 radical (unpaired) electrons. The summed E-state index contributed by atoms with van der Waals surface area (Å²) in [5, 5.41) is 0. The molecule has 2 heterocycles. The molecule has 2 atom stereocenters. The number of aryl methyl sites for hydroxylation is 2. The fourth-order valence-electron chi connectivity index (χ4n) is 8.62. The smallest absolute Gasteiger partial charge is 0.0475 e. The van der Waals surface area contributed by atoms with Crippen LogP contribution in [0.15, 0.2) is 0 Å². The van der Waals surface area contributed by atoms with Crippen molar-refractivity contribution in [3.63, 3.8) is 0 Å². The lowest BCUT2D eigenvalue weighted by atomic mass is 9.73. The summed E-state index contributed by atoms with van der Waals surface area (Å²) in [6, 6.07) is 0. The highest BCUT2D eigenvalue weighted by Crippen LogP contribution is 2.58. The third-order valence-corrected chi connectivity index (χ3v) is 10.4. The Labute approximate surface area is 225 Å². The van der Waals surface area contributed by atoms with Crippen molar-refractivity contribution in [1.29, 1.82) is 0 Å². The molecule has 0 spiro atoms. The minimum Gasteiger partial charge on any atom is -0.257 e. The predicted molar refractivity (Wildman–Crippen MR) is 153 cm³/mol. The van der Waals surface area contributed by atoms with Crippen LogP contribution in [0.2, 0.25) is 0 Å². The monoisotopic (exact) mass is 496 g/mol. The fraction of sp³-hybridized carbons (Fsp3) is 0.714. The average Bonchev–Trinajstić information content (AvgIpc) is 3.77. The first-order valence-corrected chi connectivity index (χ1v) is 15.8. The van der Waals surface area contributed by atoms with Crippen molar-refractivity contribution < 1.29 is 0 Å². The van der Waals surface area contributed by atoms with Gasteiger partial charge in [0.1, 0.15) is 0 Å². The maximum atomic E-state index is 5.46.